The lowest BCUT2D eigenvalue weighted by Crippen LogP contribution is -2.47. The Morgan fingerprint density at radius 1 is 1.20 bits per heavy atom. The lowest BCUT2D eigenvalue weighted by molar-refractivity contribution is 0.0818. The molecule has 3 nitrogen and oxygen atoms in total. The van der Waals surface area contributed by atoms with Crippen LogP contribution in [0.4, 0.5) is 0 Å². The molecule has 1 saturated heterocycles. The molecule has 0 unspecified atom stereocenters. The van der Waals surface area contributed by atoms with Crippen molar-refractivity contribution in [3.63, 3.8) is 0 Å². The number of aromatic hydroxyl groups is 1. The normalized spacial score (nSPS) is 22.5. The standard InChI is InChI=1S/C15H20Br2N2O/c16-11-8-12(15(20)13(17)9-11)14(10-2-1-3-10)19-6-4-18-5-7-19/h8-10,14,18,20H,1-7H2/t14-/m0/s1. The van der Waals surface area contributed by atoms with Crippen molar-refractivity contribution in [1.29, 1.82) is 0 Å². The predicted molar refractivity (Wildman–Crippen MR) is 88.0 cm³/mol. The van der Waals surface area contributed by atoms with E-state index >= 15 is 0 Å². The number of piperazine rings is 1. The molecule has 20 heavy (non-hydrogen) atoms. The summed E-state index contributed by atoms with van der Waals surface area (Å²) in [6.45, 7) is 4.20. The number of rotatable bonds is 3. The summed E-state index contributed by atoms with van der Waals surface area (Å²) >= 11 is 7.02. The molecule has 0 radical (unpaired) electrons. The third-order valence-electron chi connectivity index (χ3n) is 4.52. The number of nitrogens with zero attached hydrogens (tertiary/aromatic N) is 1. The van der Waals surface area contributed by atoms with Crippen molar-refractivity contribution in [2.45, 2.75) is 25.3 Å². The van der Waals surface area contributed by atoms with Crippen molar-refractivity contribution in [3.05, 3.63) is 26.6 Å². The SMILES string of the molecule is Oc1c(Br)cc(Br)cc1[C@H](C1CCC1)N1CCNCC1. The van der Waals surface area contributed by atoms with E-state index < -0.39 is 0 Å². The number of nitrogens with one attached hydrogen (secondary N) is 1. The second kappa shape index (κ2) is 6.34. The van der Waals surface area contributed by atoms with E-state index in [1.54, 1.807) is 0 Å². The molecule has 5 heteroatoms. The Kier molecular flexibility index (Phi) is 4.70. The summed E-state index contributed by atoms with van der Waals surface area (Å²) in [5.74, 6) is 1.09. The lowest BCUT2D eigenvalue weighted by atomic mass is 9.76. The lowest BCUT2D eigenvalue weighted by Gasteiger charge is -2.43. The van der Waals surface area contributed by atoms with Crippen LogP contribution in [-0.2, 0) is 0 Å². The van der Waals surface area contributed by atoms with Gasteiger partial charge in [0.25, 0.3) is 0 Å². The predicted octanol–water partition coefficient (Wildman–Crippen LogP) is 3.66. The van der Waals surface area contributed by atoms with Crippen LogP contribution in [0.3, 0.4) is 0 Å². The first-order valence-electron chi connectivity index (χ1n) is 7.29. The third-order valence-corrected chi connectivity index (χ3v) is 5.58. The van der Waals surface area contributed by atoms with Gasteiger partial charge in [0.05, 0.1) is 4.47 Å². The first-order chi connectivity index (χ1) is 9.66. The Hall–Kier alpha value is -0.100. The highest BCUT2D eigenvalue weighted by Gasteiger charge is 2.35. The number of hydrogen-bond donors (Lipinski definition) is 2. The van der Waals surface area contributed by atoms with E-state index in [0.717, 1.165) is 40.7 Å². The molecule has 0 aromatic heterocycles. The fourth-order valence-electron chi connectivity index (χ4n) is 3.28. The summed E-state index contributed by atoms with van der Waals surface area (Å²) in [6.07, 6.45) is 3.87. The number of halogens is 2. The quantitative estimate of drug-likeness (QED) is 0.808. The summed E-state index contributed by atoms with van der Waals surface area (Å²) in [4.78, 5) is 2.54. The summed E-state index contributed by atoms with van der Waals surface area (Å²) in [6, 6.07) is 4.35. The van der Waals surface area contributed by atoms with E-state index in [4.69, 9.17) is 0 Å². The van der Waals surface area contributed by atoms with Gasteiger partial charge in [0.2, 0.25) is 0 Å². The van der Waals surface area contributed by atoms with E-state index in [1.165, 1.54) is 19.3 Å². The van der Waals surface area contributed by atoms with Crippen LogP contribution in [0.2, 0.25) is 0 Å². The summed E-state index contributed by atoms with van der Waals surface area (Å²) in [5.41, 5.74) is 1.07. The largest absolute Gasteiger partial charge is 0.506 e. The molecule has 1 aliphatic carbocycles. The van der Waals surface area contributed by atoms with Gasteiger partial charge in [0.1, 0.15) is 5.75 Å². The molecule has 2 aliphatic rings. The Bertz CT molecular complexity index is 485. The van der Waals surface area contributed by atoms with Gasteiger partial charge in [0, 0.05) is 42.3 Å². The van der Waals surface area contributed by atoms with Gasteiger partial charge in [-0.3, -0.25) is 4.90 Å². The Labute approximate surface area is 137 Å². The summed E-state index contributed by atoms with van der Waals surface area (Å²) in [7, 11) is 0. The minimum atomic E-state index is 0.347. The van der Waals surface area contributed by atoms with Crippen molar-refractivity contribution < 1.29 is 5.11 Å². The first kappa shape index (κ1) is 14.8. The van der Waals surface area contributed by atoms with Crippen LogP contribution in [0.5, 0.6) is 5.75 Å². The van der Waals surface area contributed by atoms with Crippen molar-refractivity contribution in [2.75, 3.05) is 26.2 Å². The molecule has 1 aliphatic heterocycles. The molecule has 0 bridgehead atoms. The van der Waals surface area contributed by atoms with Crippen LogP contribution < -0.4 is 5.32 Å². The van der Waals surface area contributed by atoms with Gasteiger partial charge in [-0.15, -0.1) is 0 Å². The number of phenols is 1. The number of phenolic OH excluding ortho intramolecular Hbond substituents is 1. The van der Waals surface area contributed by atoms with Gasteiger partial charge in [-0.2, -0.15) is 0 Å². The summed E-state index contributed by atoms with van der Waals surface area (Å²) in [5, 5.41) is 13.9. The van der Waals surface area contributed by atoms with Crippen LogP contribution >= 0.6 is 31.9 Å². The average Bonchev–Trinajstić information content (AvgIpc) is 2.39. The third kappa shape index (κ3) is 2.91. The van der Waals surface area contributed by atoms with E-state index in [0.29, 0.717) is 17.7 Å². The van der Waals surface area contributed by atoms with Crippen LogP contribution in [0.1, 0.15) is 30.9 Å². The molecule has 1 aromatic rings. The maximum atomic E-state index is 10.5. The number of benzene rings is 1. The van der Waals surface area contributed by atoms with Crippen molar-refractivity contribution >= 4 is 31.9 Å². The van der Waals surface area contributed by atoms with E-state index in [9.17, 15) is 5.11 Å². The van der Waals surface area contributed by atoms with E-state index in [1.807, 2.05) is 6.07 Å². The van der Waals surface area contributed by atoms with E-state index in [2.05, 4.69) is 48.1 Å². The zero-order valence-corrected chi connectivity index (χ0v) is 14.6. The second-order valence-electron chi connectivity index (χ2n) is 5.75. The average molecular weight is 404 g/mol. The van der Waals surface area contributed by atoms with Crippen molar-refractivity contribution in [2.24, 2.45) is 5.92 Å². The minimum absolute atomic E-state index is 0.347. The van der Waals surface area contributed by atoms with Crippen LogP contribution in [-0.4, -0.2) is 36.2 Å². The highest BCUT2D eigenvalue weighted by molar-refractivity contribution is 9.11. The van der Waals surface area contributed by atoms with Gasteiger partial charge in [0.15, 0.2) is 0 Å². The first-order valence-corrected chi connectivity index (χ1v) is 8.88. The Morgan fingerprint density at radius 3 is 2.50 bits per heavy atom. The maximum absolute atomic E-state index is 10.5. The maximum Gasteiger partial charge on any atom is 0.134 e. The van der Waals surface area contributed by atoms with E-state index in [-0.39, 0.29) is 0 Å². The molecule has 0 spiro atoms. The molecule has 1 saturated carbocycles. The zero-order valence-electron chi connectivity index (χ0n) is 11.4. The van der Waals surface area contributed by atoms with Crippen molar-refractivity contribution in [1.82, 2.24) is 10.2 Å². The Balaban J connectivity index is 1.96. The molecule has 110 valence electrons. The van der Waals surface area contributed by atoms with Crippen LogP contribution in [0, 0.1) is 5.92 Å². The van der Waals surface area contributed by atoms with Crippen LogP contribution in [0.15, 0.2) is 21.1 Å². The minimum Gasteiger partial charge on any atom is -0.506 e. The zero-order chi connectivity index (χ0) is 14.1. The highest BCUT2D eigenvalue weighted by Crippen LogP contribution is 2.46. The van der Waals surface area contributed by atoms with Gasteiger partial charge < -0.3 is 10.4 Å². The van der Waals surface area contributed by atoms with Gasteiger partial charge in [-0.05, 0) is 46.8 Å². The number of hydrogen-bond acceptors (Lipinski definition) is 3. The fraction of sp³-hybridized carbons (Fsp3) is 0.600. The van der Waals surface area contributed by atoms with Gasteiger partial charge in [-0.1, -0.05) is 22.4 Å². The molecular formula is C15H20Br2N2O. The molecular weight excluding hydrogens is 384 g/mol. The molecule has 1 heterocycles. The van der Waals surface area contributed by atoms with Crippen LogP contribution in [0.25, 0.3) is 0 Å². The molecule has 3 rings (SSSR count). The Morgan fingerprint density at radius 2 is 1.90 bits per heavy atom. The highest BCUT2D eigenvalue weighted by atomic mass is 79.9. The molecule has 2 N–H and O–H groups in total. The molecule has 1 atom stereocenters. The fourth-order valence-corrected chi connectivity index (χ4v) is 4.53. The second-order valence-corrected chi connectivity index (χ2v) is 7.52. The molecule has 0 amide bonds. The van der Waals surface area contributed by atoms with Crippen molar-refractivity contribution in [3.8, 4) is 5.75 Å². The molecule has 2 fully saturated rings. The summed E-state index contributed by atoms with van der Waals surface area (Å²) < 4.78 is 1.80. The smallest absolute Gasteiger partial charge is 0.134 e. The van der Waals surface area contributed by atoms with Gasteiger partial charge >= 0.3 is 0 Å². The van der Waals surface area contributed by atoms with Gasteiger partial charge in [-0.25, -0.2) is 0 Å². The topological polar surface area (TPSA) is 35.5 Å². The monoisotopic (exact) mass is 402 g/mol. The molecule has 1 aromatic carbocycles.